The largest absolute Gasteiger partial charge is 0.382 e. The number of anilines is 2. The van der Waals surface area contributed by atoms with Gasteiger partial charge in [-0.2, -0.15) is 0 Å². The van der Waals surface area contributed by atoms with Crippen LogP contribution in [0.5, 0.6) is 0 Å². The van der Waals surface area contributed by atoms with Crippen LogP contribution < -0.4 is 10.6 Å². The Morgan fingerprint density at radius 2 is 2.27 bits per heavy atom. The lowest BCUT2D eigenvalue weighted by molar-refractivity contribution is 0.711. The van der Waals surface area contributed by atoms with Crippen LogP contribution in [0, 0.1) is 0 Å². The van der Waals surface area contributed by atoms with Gasteiger partial charge in [-0.3, -0.25) is 0 Å². The quantitative estimate of drug-likeness (QED) is 0.799. The van der Waals surface area contributed by atoms with Crippen molar-refractivity contribution < 1.29 is 0 Å². The molecule has 0 atom stereocenters. The number of rotatable bonds is 4. The van der Waals surface area contributed by atoms with Crippen LogP contribution in [0.2, 0.25) is 5.02 Å². The highest BCUT2D eigenvalue weighted by molar-refractivity contribution is 6.35. The van der Waals surface area contributed by atoms with E-state index in [1.54, 1.807) is 6.08 Å². The third-order valence-electron chi connectivity index (χ3n) is 2.02. The van der Waals surface area contributed by atoms with Crippen LogP contribution in [-0.4, -0.2) is 22.6 Å². The van der Waals surface area contributed by atoms with Gasteiger partial charge < -0.3 is 10.6 Å². The Balaban J connectivity index is 3.10. The lowest BCUT2D eigenvalue weighted by atomic mass is 10.3. The molecule has 0 aromatic carbocycles. The molecular weight excluding hydrogens is 212 g/mol. The van der Waals surface area contributed by atoms with Gasteiger partial charge in [0.05, 0.1) is 0 Å². The maximum atomic E-state index is 6.04. The number of nitrogens with zero attached hydrogens (tertiary/aromatic N) is 3. The summed E-state index contributed by atoms with van der Waals surface area (Å²) < 4.78 is 0. The molecule has 82 valence electrons. The molecular formula is C10H15ClN4. The average Bonchev–Trinajstić information content (AvgIpc) is 2.19. The number of nitrogen functional groups attached to an aromatic ring is 1. The molecule has 15 heavy (non-hydrogen) atoms. The first-order chi connectivity index (χ1) is 7.07. The zero-order chi connectivity index (χ0) is 11.4. The van der Waals surface area contributed by atoms with Gasteiger partial charge in [0.1, 0.15) is 17.2 Å². The summed E-state index contributed by atoms with van der Waals surface area (Å²) >= 11 is 6.04. The lowest BCUT2D eigenvalue weighted by Gasteiger charge is -2.27. The van der Waals surface area contributed by atoms with E-state index < -0.39 is 0 Å². The topological polar surface area (TPSA) is 55.0 Å². The van der Waals surface area contributed by atoms with Gasteiger partial charge >= 0.3 is 0 Å². The zero-order valence-corrected chi connectivity index (χ0v) is 9.70. The molecule has 0 saturated carbocycles. The summed E-state index contributed by atoms with van der Waals surface area (Å²) in [5, 5.41) is 0.396. The number of nitrogens with two attached hydrogens (primary N) is 1. The fourth-order valence-corrected chi connectivity index (χ4v) is 1.46. The highest BCUT2D eigenvalue weighted by atomic mass is 35.5. The van der Waals surface area contributed by atoms with Gasteiger partial charge in [-0.25, -0.2) is 9.97 Å². The summed E-state index contributed by atoms with van der Waals surface area (Å²) in [6.45, 7) is 8.48. The molecule has 0 aliphatic carbocycles. The van der Waals surface area contributed by atoms with E-state index in [0.29, 0.717) is 23.2 Å². The van der Waals surface area contributed by atoms with Crippen molar-refractivity contribution in [3.05, 3.63) is 24.0 Å². The van der Waals surface area contributed by atoms with Crippen molar-refractivity contribution in [1.82, 2.24) is 9.97 Å². The lowest BCUT2D eigenvalue weighted by Crippen LogP contribution is -2.32. The molecule has 0 spiro atoms. The minimum atomic E-state index is 0.273. The second kappa shape index (κ2) is 4.98. The van der Waals surface area contributed by atoms with Crippen LogP contribution in [0.4, 0.5) is 11.6 Å². The van der Waals surface area contributed by atoms with Crippen molar-refractivity contribution in [3.63, 3.8) is 0 Å². The second-order valence-electron chi connectivity index (χ2n) is 3.43. The van der Waals surface area contributed by atoms with Crippen molar-refractivity contribution in [2.45, 2.75) is 19.9 Å². The first-order valence-electron chi connectivity index (χ1n) is 4.71. The molecule has 0 amide bonds. The van der Waals surface area contributed by atoms with E-state index in [2.05, 4.69) is 30.4 Å². The number of hydrogen-bond acceptors (Lipinski definition) is 4. The number of hydrogen-bond donors (Lipinski definition) is 1. The predicted molar refractivity (Wildman–Crippen MR) is 64.1 cm³/mol. The van der Waals surface area contributed by atoms with Crippen LogP contribution >= 0.6 is 11.6 Å². The Bertz CT molecular complexity index is 351. The molecule has 5 heteroatoms. The molecule has 0 fully saturated rings. The predicted octanol–water partition coefficient (Wildman–Crippen LogP) is 2.11. The zero-order valence-electron chi connectivity index (χ0n) is 8.94. The van der Waals surface area contributed by atoms with E-state index in [1.165, 1.54) is 6.33 Å². The van der Waals surface area contributed by atoms with Crippen molar-refractivity contribution in [1.29, 1.82) is 0 Å². The summed E-state index contributed by atoms with van der Waals surface area (Å²) in [5.74, 6) is 0.954. The summed E-state index contributed by atoms with van der Waals surface area (Å²) in [5.41, 5.74) is 5.62. The van der Waals surface area contributed by atoms with E-state index in [-0.39, 0.29) is 6.04 Å². The molecule has 0 bridgehead atoms. The molecule has 1 heterocycles. The van der Waals surface area contributed by atoms with E-state index in [4.69, 9.17) is 17.3 Å². The summed E-state index contributed by atoms with van der Waals surface area (Å²) in [4.78, 5) is 9.97. The molecule has 0 aliphatic rings. The van der Waals surface area contributed by atoms with Crippen molar-refractivity contribution >= 4 is 23.2 Å². The maximum Gasteiger partial charge on any atom is 0.153 e. The van der Waals surface area contributed by atoms with Gasteiger partial charge in [0.2, 0.25) is 0 Å². The first-order valence-corrected chi connectivity index (χ1v) is 5.09. The van der Waals surface area contributed by atoms with Gasteiger partial charge in [-0.15, -0.1) is 6.58 Å². The number of aromatic nitrogens is 2. The van der Waals surface area contributed by atoms with Gasteiger partial charge in [0.25, 0.3) is 0 Å². The van der Waals surface area contributed by atoms with Crippen LogP contribution in [0.25, 0.3) is 0 Å². The highest BCUT2D eigenvalue weighted by Gasteiger charge is 2.15. The molecule has 1 aromatic rings. The Labute approximate surface area is 94.8 Å². The first kappa shape index (κ1) is 11.8. The average molecular weight is 227 g/mol. The maximum absolute atomic E-state index is 6.04. The summed E-state index contributed by atoms with van der Waals surface area (Å²) in [6, 6.07) is 0.273. The molecule has 0 unspecified atom stereocenters. The SMILES string of the molecule is C=CCN(c1ncnc(N)c1Cl)C(C)C. The van der Waals surface area contributed by atoms with Crippen LogP contribution in [-0.2, 0) is 0 Å². The standard InChI is InChI=1S/C10H15ClN4/c1-4-5-15(7(2)3)10-8(11)9(12)13-6-14-10/h4,6-7H,1,5H2,2-3H3,(H2,12,13,14). The minimum absolute atomic E-state index is 0.273. The third-order valence-corrected chi connectivity index (χ3v) is 2.38. The van der Waals surface area contributed by atoms with E-state index in [0.717, 1.165) is 0 Å². The normalized spacial score (nSPS) is 10.4. The van der Waals surface area contributed by atoms with E-state index in [9.17, 15) is 0 Å². The fraction of sp³-hybridized carbons (Fsp3) is 0.400. The van der Waals surface area contributed by atoms with Gasteiger partial charge in [-0.1, -0.05) is 17.7 Å². The van der Waals surface area contributed by atoms with Gasteiger partial charge in [-0.05, 0) is 13.8 Å². The molecule has 2 N–H and O–H groups in total. The monoisotopic (exact) mass is 226 g/mol. The Hall–Kier alpha value is -1.29. The molecule has 1 aromatic heterocycles. The van der Waals surface area contributed by atoms with Crippen molar-refractivity contribution in [2.24, 2.45) is 0 Å². The van der Waals surface area contributed by atoms with Gasteiger partial charge in [0, 0.05) is 12.6 Å². The van der Waals surface area contributed by atoms with Crippen LogP contribution in [0.15, 0.2) is 19.0 Å². The molecule has 0 aliphatic heterocycles. The minimum Gasteiger partial charge on any atom is -0.382 e. The third kappa shape index (κ3) is 2.59. The second-order valence-corrected chi connectivity index (χ2v) is 3.81. The van der Waals surface area contributed by atoms with Gasteiger partial charge in [0.15, 0.2) is 5.82 Å². The molecule has 0 radical (unpaired) electrons. The van der Waals surface area contributed by atoms with Crippen LogP contribution in [0.3, 0.4) is 0 Å². The van der Waals surface area contributed by atoms with E-state index in [1.807, 2.05) is 4.90 Å². The Morgan fingerprint density at radius 3 is 2.80 bits per heavy atom. The van der Waals surface area contributed by atoms with Crippen molar-refractivity contribution in [3.8, 4) is 0 Å². The molecule has 4 nitrogen and oxygen atoms in total. The molecule has 0 saturated heterocycles. The Morgan fingerprint density at radius 1 is 1.60 bits per heavy atom. The van der Waals surface area contributed by atoms with Crippen LogP contribution in [0.1, 0.15) is 13.8 Å². The highest BCUT2D eigenvalue weighted by Crippen LogP contribution is 2.27. The fourth-order valence-electron chi connectivity index (χ4n) is 1.25. The smallest absolute Gasteiger partial charge is 0.153 e. The molecule has 1 rings (SSSR count). The van der Waals surface area contributed by atoms with E-state index >= 15 is 0 Å². The Kier molecular flexibility index (Phi) is 3.91. The summed E-state index contributed by atoms with van der Waals surface area (Å²) in [7, 11) is 0. The summed E-state index contributed by atoms with van der Waals surface area (Å²) in [6.07, 6.45) is 3.21. The number of halogens is 1. The van der Waals surface area contributed by atoms with Crippen molar-refractivity contribution in [2.75, 3.05) is 17.2 Å².